The smallest absolute Gasteiger partial charge is 0.233 e. The maximum atomic E-state index is 12.9. The number of hydrogen-bond acceptors (Lipinski definition) is 5. The van der Waals surface area contributed by atoms with E-state index in [4.69, 9.17) is 4.52 Å². The number of imide groups is 1. The lowest BCUT2D eigenvalue weighted by atomic mass is 9.98. The average molecular weight is 331 g/mol. The summed E-state index contributed by atoms with van der Waals surface area (Å²) in [7, 11) is 0. The van der Waals surface area contributed by atoms with Crippen LogP contribution in [0.15, 0.2) is 28.8 Å². The summed E-state index contributed by atoms with van der Waals surface area (Å²) in [6.45, 7) is 2.03. The summed E-state index contributed by atoms with van der Waals surface area (Å²) < 4.78 is 18.0. The largest absolute Gasteiger partial charge is 0.339 e. The van der Waals surface area contributed by atoms with Crippen molar-refractivity contribution < 1.29 is 18.5 Å². The highest BCUT2D eigenvalue weighted by atomic mass is 19.1. The van der Waals surface area contributed by atoms with E-state index in [1.54, 1.807) is 12.1 Å². The Bertz CT molecular complexity index is 742. The van der Waals surface area contributed by atoms with Gasteiger partial charge in [-0.25, -0.2) is 4.39 Å². The van der Waals surface area contributed by atoms with Gasteiger partial charge < -0.3 is 4.52 Å². The number of hydrogen-bond donors (Lipinski definition) is 0. The van der Waals surface area contributed by atoms with Gasteiger partial charge >= 0.3 is 0 Å². The lowest BCUT2D eigenvalue weighted by Crippen LogP contribution is -2.31. The molecule has 0 spiro atoms. The molecule has 0 radical (unpaired) electrons. The first-order valence-electron chi connectivity index (χ1n) is 7.97. The van der Waals surface area contributed by atoms with Gasteiger partial charge in [-0.2, -0.15) is 4.98 Å². The molecule has 0 aliphatic carbocycles. The number of likely N-dealkylation sites (tertiary alicyclic amines) is 1. The molecule has 1 saturated heterocycles. The molecule has 2 amide bonds. The Morgan fingerprint density at radius 2 is 2.04 bits per heavy atom. The van der Waals surface area contributed by atoms with Crippen molar-refractivity contribution in [1.29, 1.82) is 0 Å². The minimum atomic E-state index is -0.426. The zero-order chi connectivity index (χ0) is 17.1. The van der Waals surface area contributed by atoms with Crippen LogP contribution in [0.25, 0.3) is 0 Å². The van der Waals surface area contributed by atoms with Crippen LogP contribution in [0, 0.1) is 11.7 Å². The molecule has 0 N–H and O–H groups in total. The second kappa shape index (κ2) is 6.90. The molecule has 6 nitrogen and oxygen atoms in total. The first-order valence-corrected chi connectivity index (χ1v) is 7.97. The molecule has 7 heteroatoms. The van der Waals surface area contributed by atoms with E-state index in [2.05, 4.69) is 10.1 Å². The first kappa shape index (κ1) is 16.3. The molecule has 1 aliphatic heterocycles. The molecule has 24 heavy (non-hydrogen) atoms. The highest BCUT2D eigenvalue weighted by molar-refractivity contribution is 6.03. The number of nitrogens with zero attached hydrogens (tertiary/aromatic N) is 3. The topological polar surface area (TPSA) is 76.3 Å². The predicted octanol–water partition coefficient (Wildman–Crippen LogP) is 2.28. The van der Waals surface area contributed by atoms with E-state index < -0.39 is 5.92 Å². The molecule has 1 fully saturated rings. The highest BCUT2D eigenvalue weighted by Gasteiger charge is 2.39. The van der Waals surface area contributed by atoms with Gasteiger partial charge in [0, 0.05) is 12.8 Å². The lowest BCUT2D eigenvalue weighted by Gasteiger charge is -2.12. The summed E-state index contributed by atoms with van der Waals surface area (Å²) in [6, 6.07) is 5.96. The van der Waals surface area contributed by atoms with Gasteiger partial charge in [0.05, 0.1) is 12.5 Å². The summed E-state index contributed by atoms with van der Waals surface area (Å²) in [6.07, 6.45) is 2.11. The van der Waals surface area contributed by atoms with Gasteiger partial charge in [-0.1, -0.05) is 24.2 Å². The Morgan fingerprint density at radius 3 is 2.75 bits per heavy atom. The minimum Gasteiger partial charge on any atom is -0.339 e. The number of rotatable bonds is 6. The number of halogens is 1. The number of benzene rings is 1. The Kier molecular flexibility index (Phi) is 4.69. The third-order valence-corrected chi connectivity index (χ3v) is 4.01. The standard InChI is InChI=1S/C17H18FN3O3/c1-2-3-15-19-14(20-24-15)10-21-16(22)9-12(17(21)23)8-11-4-6-13(18)7-5-11/h4-7,12H,2-3,8-10H2,1H3/t12-/m1/s1. The van der Waals surface area contributed by atoms with Crippen molar-refractivity contribution in [2.24, 2.45) is 5.92 Å². The van der Waals surface area contributed by atoms with E-state index in [0.717, 1.165) is 12.0 Å². The van der Waals surface area contributed by atoms with Crippen LogP contribution in [0.3, 0.4) is 0 Å². The van der Waals surface area contributed by atoms with Gasteiger partial charge in [0.25, 0.3) is 0 Å². The van der Waals surface area contributed by atoms with Gasteiger partial charge in [0.15, 0.2) is 5.82 Å². The highest BCUT2D eigenvalue weighted by Crippen LogP contribution is 2.25. The van der Waals surface area contributed by atoms with Crippen LogP contribution in [0.1, 0.15) is 37.0 Å². The van der Waals surface area contributed by atoms with E-state index in [0.29, 0.717) is 24.6 Å². The first-order chi connectivity index (χ1) is 11.6. The van der Waals surface area contributed by atoms with Crippen LogP contribution in [-0.2, 0) is 29.0 Å². The predicted molar refractivity (Wildman–Crippen MR) is 82.1 cm³/mol. The Morgan fingerprint density at radius 1 is 1.29 bits per heavy atom. The maximum Gasteiger partial charge on any atom is 0.233 e. The average Bonchev–Trinajstić information content (AvgIpc) is 3.10. The van der Waals surface area contributed by atoms with Crippen molar-refractivity contribution >= 4 is 11.8 Å². The van der Waals surface area contributed by atoms with Crippen LogP contribution in [-0.4, -0.2) is 26.9 Å². The Labute approximate surface area is 138 Å². The number of aryl methyl sites for hydroxylation is 1. The van der Waals surface area contributed by atoms with Crippen LogP contribution in [0.2, 0.25) is 0 Å². The van der Waals surface area contributed by atoms with Crippen LogP contribution in [0.4, 0.5) is 4.39 Å². The zero-order valence-electron chi connectivity index (χ0n) is 13.4. The summed E-state index contributed by atoms with van der Waals surface area (Å²) in [5.74, 6) is -0.392. The minimum absolute atomic E-state index is 0.0325. The van der Waals surface area contributed by atoms with Gasteiger partial charge in [-0.15, -0.1) is 0 Å². The van der Waals surface area contributed by atoms with Gasteiger partial charge in [-0.05, 0) is 30.5 Å². The lowest BCUT2D eigenvalue weighted by molar-refractivity contribution is -0.140. The fourth-order valence-corrected chi connectivity index (χ4v) is 2.79. The molecule has 2 aromatic rings. The third kappa shape index (κ3) is 3.50. The molecule has 2 heterocycles. The van der Waals surface area contributed by atoms with Crippen molar-refractivity contribution in [3.05, 3.63) is 47.4 Å². The molecular formula is C17H18FN3O3. The van der Waals surface area contributed by atoms with E-state index >= 15 is 0 Å². The van der Waals surface area contributed by atoms with Crippen molar-refractivity contribution in [3.63, 3.8) is 0 Å². The molecule has 3 rings (SSSR count). The molecule has 0 saturated carbocycles. The molecule has 1 atom stereocenters. The summed E-state index contributed by atoms with van der Waals surface area (Å²) in [5.41, 5.74) is 0.828. The van der Waals surface area contributed by atoms with E-state index in [1.807, 2.05) is 6.92 Å². The summed E-state index contributed by atoms with van der Waals surface area (Å²) >= 11 is 0. The number of amides is 2. The van der Waals surface area contributed by atoms with E-state index in [9.17, 15) is 14.0 Å². The Balaban J connectivity index is 1.65. The van der Waals surface area contributed by atoms with Crippen molar-refractivity contribution in [2.75, 3.05) is 0 Å². The Hall–Kier alpha value is -2.57. The number of carbonyl (C=O) groups is 2. The van der Waals surface area contributed by atoms with Crippen LogP contribution >= 0.6 is 0 Å². The third-order valence-electron chi connectivity index (χ3n) is 4.01. The molecular weight excluding hydrogens is 313 g/mol. The fourth-order valence-electron chi connectivity index (χ4n) is 2.79. The van der Waals surface area contributed by atoms with Crippen LogP contribution < -0.4 is 0 Å². The van der Waals surface area contributed by atoms with E-state index in [1.165, 1.54) is 17.0 Å². The second-order valence-electron chi connectivity index (χ2n) is 5.90. The fraction of sp³-hybridized carbons (Fsp3) is 0.412. The van der Waals surface area contributed by atoms with Crippen molar-refractivity contribution in [1.82, 2.24) is 15.0 Å². The molecule has 0 bridgehead atoms. The molecule has 126 valence electrons. The normalized spacial score (nSPS) is 17.8. The van der Waals surface area contributed by atoms with Gasteiger partial charge in [0.1, 0.15) is 5.82 Å². The zero-order valence-corrected chi connectivity index (χ0v) is 13.4. The van der Waals surface area contributed by atoms with Gasteiger partial charge in [-0.3, -0.25) is 14.5 Å². The second-order valence-corrected chi connectivity index (χ2v) is 5.90. The van der Waals surface area contributed by atoms with E-state index in [-0.39, 0.29) is 30.6 Å². The number of aromatic nitrogens is 2. The SMILES string of the molecule is CCCc1nc(CN2C(=O)C[C@@H](Cc3ccc(F)cc3)C2=O)no1. The molecule has 1 aromatic carbocycles. The quantitative estimate of drug-likeness (QED) is 0.759. The molecule has 0 unspecified atom stereocenters. The number of carbonyl (C=O) groups excluding carboxylic acids is 2. The monoisotopic (exact) mass is 331 g/mol. The summed E-state index contributed by atoms with van der Waals surface area (Å²) in [4.78, 5) is 30.0. The van der Waals surface area contributed by atoms with Gasteiger partial charge in [0.2, 0.25) is 17.7 Å². The molecule has 1 aliphatic rings. The van der Waals surface area contributed by atoms with Crippen molar-refractivity contribution in [2.45, 2.75) is 39.2 Å². The molecule has 1 aromatic heterocycles. The summed E-state index contributed by atoms with van der Waals surface area (Å²) in [5, 5.41) is 3.81. The van der Waals surface area contributed by atoms with Crippen LogP contribution in [0.5, 0.6) is 0 Å². The van der Waals surface area contributed by atoms with Crippen molar-refractivity contribution in [3.8, 4) is 0 Å². The maximum absolute atomic E-state index is 12.9.